The standard InChI is InChI=1S/C22H25N7O2.C6H14O.BH2P/c1-5-15(14(3)23)16-11-25-20-10-18(16)31-13(2)7-9-30-22-17(12-26-29(22)4)21-24-8-6-19(27-20)28-21;1-4-5-6(2,3)7;1-2/h5-6,8,10-13,23H,7,9H2,1-4H3,(H,24,25,27,28);7H,4-5H2,1-3H3;2H2/b15-5+,23-14?;;/t13-;;/m0../s1. The first-order valence-electron chi connectivity index (χ1n) is 13.2. The van der Waals surface area contributed by atoms with Crippen LogP contribution in [0.1, 0.15) is 66.4 Å². The van der Waals surface area contributed by atoms with Gasteiger partial charge in [0.25, 0.3) is 0 Å². The molecule has 3 N–H and O–H groups in total. The van der Waals surface area contributed by atoms with Crippen LogP contribution in [-0.2, 0) is 7.05 Å². The highest BCUT2D eigenvalue weighted by Crippen LogP contribution is 2.32. The molecule has 0 saturated carbocycles. The minimum atomic E-state index is -0.450. The number of aromatic nitrogens is 5. The molecule has 0 fully saturated rings. The molecule has 4 bridgehead atoms. The van der Waals surface area contributed by atoms with E-state index in [9.17, 15) is 0 Å². The Morgan fingerprint density at radius 3 is 2.62 bits per heavy atom. The number of fused-ring (bicyclic) bond motifs is 6. The van der Waals surface area contributed by atoms with Crippen molar-refractivity contribution in [1.82, 2.24) is 24.7 Å². The van der Waals surface area contributed by atoms with E-state index in [1.54, 1.807) is 36.3 Å². The molecular formula is C28H41BN7O3P. The molecule has 1 unspecified atom stereocenters. The summed E-state index contributed by atoms with van der Waals surface area (Å²) in [6.07, 6.45) is 9.49. The van der Waals surface area contributed by atoms with Gasteiger partial charge in [-0.1, -0.05) is 19.4 Å². The number of nitrogens with zero attached hydrogens (tertiary/aromatic N) is 5. The maximum Gasteiger partial charge on any atom is 0.222 e. The largest absolute Gasteiger partial charge is 0.490 e. The third kappa shape index (κ3) is 9.42. The van der Waals surface area contributed by atoms with E-state index in [1.807, 2.05) is 56.0 Å². The van der Waals surface area contributed by atoms with E-state index in [4.69, 9.17) is 20.0 Å². The zero-order valence-corrected chi connectivity index (χ0v) is 25.7. The van der Waals surface area contributed by atoms with Crippen molar-refractivity contribution < 1.29 is 14.6 Å². The lowest BCUT2D eigenvalue weighted by atomic mass is 10.0. The molecule has 4 rings (SSSR count). The van der Waals surface area contributed by atoms with Crippen LogP contribution in [0.15, 0.2) is 36.8 Å². The average Bonchev–Trinajstić information content (AvgIpc) is 3.26. The zero-order valence-electron chi connectivity index (χ0n) is 24.5. The molecule has 2 atom stereocenters. The summed E-state index contributed by atoms with van der Waals surface area (Å²) < 4.78 is 14.0. The van der Waals surface area contributed by atoms with E-state index < -0.39 is 5.60 Å². The number of rotatable bonds is 4. The fourth-order valence-corrected chi connectivity index (χ4v) is 4.03. The Bertz CT molecular complexity index is 1290. The summed E-state index contributed by atoms with van der Waals surface area (Å²) in [5.74, 6) is 2.95. The second-order valence-corrected chi connectivity index (χ2v) is 9.90. The Balaban J connectivity index is 0.000000545. The van der Waals surface area contributed by atoms with Gasteiger partial charge < -0.3 is 25.3 Å². The van der Waals surface area contributed by atoms with Crippen LogP contribution >= 0.6 is 9.12 Å². The number of anilines is 2. The van der Waals surface area contributed by atoms with Crippen LogP contribution in [0.5, 0.6) is 11.6 Å². The minimum absolute atomic E-state index is 0.119. The van der Waals surface area contributed by atoms with E-state index in [1.165, 1.54) is 0 Å². The maximum absolute atomic E-state index is 9.02. The second-order valence-electron chi connectivity index (χ2n) is 9.90. The molecule has 3 aromatic rings. The van der Waals surface area contributed by atoms with Crippen molar-refractivity contribution >= 4 is 39.6 Å². The first-order chi connectivity index (χ1) is 19.0. The maximum atomic E-state index is 9.02. The topological polar surface area (TPSA) is 131 Å². The van der Waals surface area contributed by atoms with Gasteiger partial charge in [0, 0.05) is 48.8 Å². The number of aliphatic hydroxyl groups is 1. The van der Waals surface area contributed by atoms with Crippen LogP contribution in [-0.4, -0.2) is 61.4 Å². The molecule has 0 saturated heterocycles. The summed E-state index contributed by atoms with van der Waals surface area (Å²) in [5, 5.41) is 24.6. The minimum Gasteiger partial charge on any atom is -0.490 e. The molecular weight excluding hydrogens is 524 g/mol. The third-order valence-corrected chi connectivity index (χ3v) is 5.84. The molecule has 0 aliphatic carbocycles. The van der Waals surface area contributed by atoms with Crippen LogP contribution in [0, 0.1) is 5.41 Å². The summed E-state index contributed by atoms with van der Waals surface area (Å²) in [7, 11) is 8.16. The number of hydrogen-bond donors (Lipinski definition) is 3. The molecule has 1 aliphatic rings. The SMILES string of the molecule is C/C=C(\C(C)=N)c1cnc2cc1O[C@@H](C)CCOc1c(cnn1C)-c1nccc(n1)N2.CCCC(C)(C)O.[B]P. The number of aryl methyl sites for hydroxylation is 1. The molecule has 4 heterocycles. The summed E-state index contributed by atoms with van der Waals surface area (Å²) in [6, 6.07) is 3.60. The lowest BCUT2D eigenvalue weighted by Gasteiger charge is -2.20. The number of ether oxygens (including phenoxy) is 2. The van der Waals surface area contributed by atoms with E-state index in [-0.39, 0.29) is 6.10 Å². The van der Waals surface area contributed by atoms with Crippen molar-refractivity contribution in [2.24, 2.45) is 7.05 Å². The molecule has 2 radical (unpaired) electrons. The molecule has 1 aliphatic heterocycles. The van der Waals surface area contributed by atoms with Crippen LogP contribution < -0.4 is 14.8 Å². The molecule has 0 spiro atoms. The van der Waals surface area contributed by atoms with Gasteiger partial charge in [0.15, 0.2) is 5.82 Å². The van der Waals surface area contributed by atoms with Gasteiger partial charge in [-0.25, -0.2) is 19.6 Å². The van der Waals surface area contributed by atoms with Crippen LogP contribution in [0.4, 0.5) is 11.6 Å². The molecule has 0 aromatic carbocycles. The van der Waals surface area contributed by atoms with E-state index in [0.717, 1.165) is 29.5 Å². The molecule has 40 heavy (non-hydrogen) atoms. The van der Waals surface area contributed by atoms with Gasteiger partial charge in [0.05, 0.1) is 32.1 Å². The zero-order chi connectivity index (χ0) is 29.9. The summed E-state index contributed by atoms with van der Waals surface area (Å²) in [4.78, 5) is 13.5. The monoisotopic (exact) mass is 565 g/mol. The van der Waals surface area contributed by atoms with Crippen molar-refractivity contribution in [1.29, 1.82) is 5.41 Å². The summed E-state index contributed by atoms with van der Waals surface area (Å²) in [6.45, 7) is 11.8. The van der Waals surface area contributed by atoms with Crippen LogP contribution in [0.2, 0.25) is 0 Å². The van der Waals surface area contributed by atoms with Gasteiger partial charge in [-0.3, -0.25) is 0 Å². The van der Waals surface area contributed by atoms with Gasteiger partial charge in [-0.15, -0.1) is 0 Å². The summed E-state index contributed by atoms with van der Waals surface area (Å²) in [5.41, 5.74) is 2.28. The van der Waals surface area contributed by atoms with E-state index in [2.05, 4.69) is 39.9 Å². The van der Waals surface area contributed by atoms with Crippen molar-refractivity contribution in [2.75, 3.05) is 11.9 Å². The van der Waals surface area contributed by atoms with Gasteiger partial charge in [-0.2, -0.15) is 14.2 Å². The normalized spacial score (nSPS) is 14.8. The number of nitrogens with one attached hydrogen (secondary N) is 2. The highest BCUT2D eigenvalue weighted by Gasteiger charge is 2.19. The van der Waals surface area contributed by atoms with Gasteiger partial charge in [0.2, 0.25) is 5.88 Å². The lowest BCUT2D eigenvalue weighted by Crippen LogP contribution is -2.18. The number of hydrogen-bond acceptors (Lipinski definition) is 9. The highest BCUT2D eigenvalue weighted by atomic mass is 31.0. The predicted octanol–water partition coefficient (Wildman–Crippen LogP) is 5.51. The molecule has 10 nitrogen and oxygen atoms in total. The van der Waals surface area contributed by atoms with Crippen LogP contribution in [0.3, 0.4) is 0 Å². The van der Waals surface area contributed by atoms with Crippen molar-refractivity contribution in [3.05, 3.63) is 42.4 Å². The third-order valence-electron chi connectivity index (χ3n) is 5.84. The smallest absolute Gasteiger partial charge is 0.222 e. The first kappa shape index (κ1) is 32.9. The van der Waals surface area contributed by atoms with Crippen molar-refractivity contribution in [3.63, 3.8) is 0 Å². The fourth-order valence-electron chi connectivity index (χ4n) is 4.03. The Hall–Kier alpha value is -3.30. The highest BCUT2D eigenvalue weighted by molar-refractivity contribution is 7.49. The number of allylic oxidation sites excluding steroid dienone is 2. The van der Waals surface area contributed by atoms with Crippen molar-refractivity contribution in [3.8, 4) is 23.0 Å². The molecule has 12 heteroatoms. The fraction of sp³-hybridized carbons (Fsp3) is 0.464. The van der Waals surface area contributed by atoms with Crippen molar-refractivity contribution in [2.45, 2.75) is 72.5 Å². The predicted molar refractivity (Wildman–Crippen MR) is 166 cm³/mol. The molecule has 3 aromatic heterocycles. The Labute approximate surface area is 241 Å². The van der Waals surface area contributed by atoms with E-state index in [0.29, 0.717) is 47.8 Å². The second kappa shape index (κ2) is 15.5. The van der Waals surface area contributed by atoms with Crippen LogP contribution in [0.25, 0.3) is 17.0 Å². The Morgan fingerprint density at radius 2 is 2.02 bits per heavy atom. The summed E-state index contributed by atoms with van der Waals surface area (Å²) >= 11 is 0. The lowest BCUT2D eigenvalue weighted by molar-refractivity contribution is 0.0703. The van der Waals surface area contributed by atoms with Gasteiger partial charge >= 0.3 is 0 Å². The number of pyridine rings is 1. The first-order valence-corrected chi connectivity index (χ1v) is 13.9. The quantitative estimate of drug-likeness (QED) is 0.214. The average molecular weight is 565 g/mol. The van der Waals surface area contributed by atoms with E-state index >= 15 is 0 Å². The van der Waals surface area contributed by atoms with Gasteiger partial charge in [-0.05, 0) is 47.1 Å². The molecule has 0 amide bonds. The van der Waals surface area contributed by atoms with Gasteiger partial charge in [0.1, 0.15) is 22.9 Å². The Morgan fingerprint density at radius 1 is 1.30 bits per heavy atom. The Kier molecular flexibility index (Phi) is 12.7. The molecule has 214 valence electrons.